The van der Waals surface area contributed by atoms with Gasteiger partial charge in [-0.05, 0) is 32.1 Å². The van der Waals surface area contributed by atoms with Crippen molar-refractivity contribution in [3.8, 4) is 0 Å². The van der Waals surface area contributed by atoms with E-state index in [9.17, 15) is 4.79 Å². The summed E-state index contributed by atoms with van der Waals surface area (Å²) < 4.78 is 0. The van der Waals surface area contributed by atoms with Crippen molar-refractivity contribution in [1.29, 1.82) is 0 Å². The molecule has 2 fully saturated rings. The lowest BCUT2D eigenvalue weighted by molar-refractivity contribution is -0.123. The number of aromatic nitrogens is 2. The molecular formula is C15H23N3O. The number of nitrogens with zero attached hydrogens (tertiary/aromatic N) is 1. The van der Waals surface area contributed by atoms with E-state index in [0.717, 1.165) is 12.1 Å². The van der Waals surface area contributed by atoms with Gasteiger partial charge in [-0.25, -0.2) is 4.98 Å². The minimum absolute atomic E-state index is 0.148. The van der Waals surface area contributed by atoms with Gasteiger partial charge < -0.3 is 10.3 Å². The van der Waals surface area contributed by atoms with Crippen molar-refractivity contribution < 1.29 is 4.79 Å². The molecule has 1 aromatic rings. The predicted octanol–water partition coefficient (Wildman–Crippen LogP) is 2.60. The molecule has 0 radical (unpaired) electrons. The quantitative estimate of drug-likeness (QED) is 0.875. The molecule has 104 valence electrons. The summed E-state index contributed by atoms with van der Waals surface area (Å²) in [4.78, 5) is 19.4. The van der Waals surface area contributed by atoms with Crippen molar-refractivity contribution in [1.82, 2.24) is 15.3 Å². The van der Waals surface area contributed by atoms with E-state index in [0.29, 0.717) is 17.9 Å². The summed E-state index contributed by atoms with van der Waals surface area (Å²) in [5, 5.41) is 3.23. The largest absolute Gasteiger partial charge is 0.353 e. The highest BCUT2D eigenvalue weighted by molar-refractivity contribution is 5.83. The zero-order valence-electron chi connectivity index (χ0n) is 11.6. The maximum absolute atomic E-state index is 12.2. The molecule has 0 aliphatic heterocycles. The van der Waals surface area contributed by atoms with Crippen LogP contribution >= 0.6 is 0 Å². The number of nitrogens with one attached hydrogen (secondary N) is 2. The van der Waals surface area contributed by atoms with Gasteiger partial charge in [-0.2, -0.15) is 0 Å². The second-order valence-electron chi connectivity index (χ2n) is 6.14. The highest BCUT2D eigenvalue weighted by Gasteiger charge is 2.45. The minimum Gasteiger partial charge on any atom is -0.353 e. The minimum atomic E-state index is 0.148. The summed E-state index contributed by atoms with van der Waals surface area (Å²) in [5.74, 6) is 1.39. The first-order valence-corrected chi connectivity index (χ1v) is 7.54. The number of carbonyl (C=O) groups is 1. The van der Waals surface area contributed by atoms with Gasteiger partial charge in [0.1, 0.15) is 0 Å². The molecule has 2 aliphatic rings. The van der Waals surface area contributed by atoms with Gasteiger partial charge in [0.25, 0.3) is 0 Å². The summed E-state index contributed by atoms with van der Waals surface area (Å²) >= 11 is 0. The molecule has 0 aromatic carbocycles. The van der Waals surface area contributed by atoms with Crippen molar-refractivity contribution in [3.05, 3.63) is 18.2 Å². The lowest BCUT2D eigenvalue weighted by atomic mass is 9.84. The highest BCUT2D eigenvalue weighted by Crippen LogP contribution is 2.46. The number of imidazole rings is 1. The standard InChI is InChI=1S/C15H23N3O/c1-10(11-5-3-2-4-6-11)18-15(19)13-7-12(13)14-8-16-9-17-14/h8-13H,2-7H2,1H3,(H,16,17)(H,18,19)/t10-,12+,13+/m0/s1. The van der Waals surface area contributed by atoms with Gasteiger partial charge in [0.15, 0.2) is 0 Å². The number of rotatable bonds is 4. The van der Waals surface area contributed by atoms with Crippen LogP contribution in [0.1, 0.15) is 57.1 Å². The maximum atomic E-state index is 12.2. The number of hydrogen-bond acceptors (Lipinski definition) is 2. The van der Waals surface area contributed by atoms with Gasteiger partial charge in [0.2, 0.25) is 5.91 Å². The van der Waals surface area contributed by atoms with E-state index in [1.54, 1.807) is 6.33 Å². The fourth-order valence-corrected chi connectivity index (χ4v) is 3.37. The first-order chi connectivity index (χ1) is 9.25. The molecule has 1 aromatic heterocycles. The summed E-state index contributed by atoms with van der Waals surface area (Å²) in [6.45, 7) is 2.17. The third kappa shape index (κ3) is 2.82. The average molecular weight is 261 g/mol. The first kappa shape index (κ1) is 12.7. The highest BCUT2D eigenvalue weighted by atomic mass is 16.2. The number of hydrogen-bond donors (Lipinski definition) is 2. The molecule has 2 N–H and O–H groups in total. The molecule has 0 unspecified atom stereocenters. The lowest BCUT2D eigenvalue weighted by Crippen LogP contribution is -2.39. The molecular weight excluding hydrogens is 238 g/mol. The van der Waals surface area contributed by atoms with Crippen molar-refractivity contribution >= 4 is 5.91 Å². The van der Waals surface area contributed by atoms with E-state index in [1.165, 1.54) is 32.1 Å². The SMILES string of the molecule is C[C@H](NC(=O)[C@@H]1C[C@H]1c1c[nH]cn1)C1CCCCC1. The van der Waals surface area contributed by atoms with Gasteiger partial charge in [-0.15, -0.1) is 0 Å². The Morgan fingerprint density at radius 2 is 2.21 bits per heavy atom. The van der Waals surface area contributed by atoms with E-state index in [-0.39, 0.29) is 11.8 Å². The van der Waals surface area contributed by atoms with Gasteiger partial charge in [-0.3, -0.25) is 4.79 Å². The van der Waals surface area contributed by atoms with Crippen molar-refractivity contribution in [2.75, 3.05) is 0 Å². The molecule has 0 saturated heterocycles. The Balaban J connectivity index is 1.49. The fraction of sp³-hybridized carbons (Fsp3) is 0.733. The van der Waals surface area contributed by atoms with E-state index in [1.807, 2.05) is 6.20 Å². The van der Waals surface area contributed by atoms with E-state index in [2.05, 4.69) is 22.2 Å². The Hall–Kier alpha value is -1.32. The molecule has 19 heavy (non-hydrogen) atoms. The topological polar surface area (TPSA) is 57.8 Å². The molecule has 0 spiro atoms. The average Bonchev–Trinajstić information content (AvgIpc) is 3.06. The zero-order valence-corrected chi connectivity index (χ0v) is 11.6. The molecule has 3 rings (SSSR count). The van der Waals surface area contributed by atoms with Gasteiger partial charge in [0.05, 0.1) is 12.0 Å². The Bertz CT molecular complexity index is 423. The normalized spacial score (nSPS) is 28.9. The van der Waals surface area contributed by atoms with Crippen LogP contribution in [-0.4, -0.2) is 21.9 Å². The van der Waals surface area contributed by atoms with Crippen molar-refractivity contribution in [2.24, 2.45) is 11.8 Å². The van der Waals surface area contributed by atoms with Gasteiger partial charge in [-0.1, -0.05) is 19.3 Å². The molecule has 1 heterocycles. The molecule has 4 nitrogen and oxygen atoms in total. The van der Waals surface area contributed by atoms with Crippen LogP contribution in [-0.2, 0) is 4.79 Å². The number of carbonyl (C=O) groups excluding carboxylic acids is 1. The Morgan fingerprint density at radius 1 is 1.42 bits per heavy atom. The summed E-state index contributed by atoms with van der Waals surface area (Å²) in [6.07, 6.45) is 11.1. The third-order valence-electron chi connectivity index (χ3n) is 4.75. The second kappa shape index (κ2) is 5.35. The van der Waals surface area contributed by atoms with Crippen LogP contribution in [0.25, 0.3) is 0 Å². The lowest BCUT2D eigenvalue weighted by Gasteiger charge is -2.28. The zero-order chi connectivity index (χ0) is 13.2. The van der Waals surface area contributed by atoms with E-state index in [4.69, 9.17) is 0 Å². The molecule has 2 aliphatic carbocycles. The molecule has 2 saturated carbocycles. The van der Waals surface area contributed by atoms with Crippen molar-refractivity contribution in [2.45, 2.75) is 57.4 Å². The molecule has 0 bridgehead atoms. The number of aromatic amines is 1. The first-order valence-electron chi connectivity index (χ1n) is 7.54. The van der Waals surface area contributed by atoms with Crippen LogP contribution in [0, 0.1) is 11.8 Å². The second-order valence-corrected chi connectivity index (χ2v) is 6.14. The van der Waals surface area contributed by atoms with Crippen LogP contribution in [0.15, 0.2) is 12.5 Å². The van der Waals surface area contributed by atoms with E-state index >= 15 is 0 Å². The Morgan fingerprint density at radius 3 is 2.89 bits per heavy atom. The smallest absolute Gasteiger partial charge is 0.224 e. The van der Waals surface area contributed by atoms with Crippen LogP contribution in [0.3, 0.4) is 0 Å². The van der Waals surface area contributed by atoms with Crippen LogP contribution in [0.2, 0.25) is 0 Å². The van der Waals surface area contributed by atoms with Crippen molar-refractivity contribution in [3.63, 3.8) is 0 Å². The summed E-state index contributed by atoms with van der Waals surface area (Å²) in [7, 11) is 0. The van der Waals surface area contributed by atoms with E-state index < -0.39 is 0 Å². The number of amides is 1. The summed E-state index contributed by atoms with van der Waals surface area (Å²) in [6, 6.07) is 0.327. The Kier molecular flexibility index (Phi) is 3.58. The van der Waals surface area contributed by atoms with Crippen LogP contribution in [0.4, 0.5) is 0 Å². The van der Waals surface area contributed by atoms with Gasteiger partial charge >= 0.3 is 0 Å². The monoisotopic (exact) mass is 261 g/mol. The summed E-state index contributed by atoms with van der Waals surface area (Å²) in [5.41, 5.74) is 1.03. The van der Waals surface area contributed by atoms with Crippen LogP contribution in [0.5, 0.6) is 0 Å². The molecule has 3 atom stereocenters. The van der Waals surface area contributed by atoms with Crippen LogP contribution < -0.4 is 5.32 Å². The van der Waals surface area contributed by atoms with Gasteiger partial charge in [0, 0.05) is 24.1 Å². The maximum Gasteiger partial charge on any atom is 0.224 e. The fourth-order valence-electron chi connectivity index (χ4n) is 3.37. The Labute approximate surface area is 114 Å². The molecule has 4 heteroatoms. The molecule has 1 amide bonds. The number of H-pyrrole nitrogens is 1. The predicted molar refractivity (Wildman–Crippen MR) is 73.6 cm³/mol. The third-order valence-corrected chi connectivity index (χ3v) is 4.75.